The van der Waals surface area contributed by atoms with E-state index in [0.29, 0.717) is 12.1 Å². The Morgan fingerprint density at radius 2 is 2.50 bits per heavy atom. The van der Waals surface area contributed by atoms with Crippen molar-refractivity contribution in [1.29, 1.82) is 0 Å². The number of rotatable bonds is 1. The number of aliphatic imine (C=N–C) groups is 1. The summed E-state index contributed by atoms with van der Waals surface area (Å²) in [6.45, 7) is 8.01. The van der Waals surface area contributed by atoms with E-state index in [1.807, 2.05) is 0 Å². The van der Waals surface area contributed by atoms with Crippen LogP contribution in [0, 0.1) is 0 Å². The van der Waals surface area contributed by atoms with Crippen LogP contribution in [0.3, 0.4) is 0 Å². The highest BCUT2D eigenvalue weighted by Crippen LogP contribution is 2.10. The van der Waals surface area contributed by atoms with E-state index in [1.54, 1.807) is 0 Å². The van der Waals surface area contributed by atoms with Crippen molar-refractivity contribution in [1.82, 2.24) is 10.2 Å². The van der Waals surface area contributed by atoms with Gasteiger partial charge in [0.15, 0.2) is 5.96 Å². The summed E-state index contributed by atoms with van der Waals surface area (Å²) >= 11 is 0. The second kappa shape index (κ2) is 4.17. The standard InChI is InChI=1S/C10H19N3O/c1-3-9-7-13(4-5-14-9)10-11-6-8(2)12-10/h8-9H,3-7H2,1-2H3,(H,11,12). The van der Waals surface area contributed by atoms with E-state index in [4.69, 9.17) is 4.74 Å². The minimum absolute atomic E-state index is 0.379. The zero-order valence-corrected chi connectivity index (χ0v) is 8.99. The lowest BCUT2D eigenvalue weighted by Crippen LogP contribution is -2.50. The van der Waals surface area contributed by atoms with E-state index in [0.717, 1.165) is 38.6 Å². The average molecular weight is 197 g/mol. The van der Waals surface area contributed by atoms with Crippen molar-refractivity contribution < 1.29 is 4.74 Å². The summed E-state index contributed by atoms with van der Waals surface area (Å²) in [6.07, 6.45) is 1.46. The Bertz CT molecular complexity index is 229. The van der Waals surface area contributed by atoms with Crippen molar-refractivity contribution in [3.05, 3.63) is 0 Å². The van der Waals surface area contributed by atoms with Gasteiger partial charge in [-0.1, -0.05) is 6.92 Å². The predicted molar refractivity (Wildman–Crippen MR) is 56.5 cm³/mol. The first-order valence-corrected chi connectivity index (χ1v) is 5.47. The molecule has 0 aromatic carbocycles. The zero-order valence-electron chi connectivity index (χ0n) is 8.99. The third kappa shape index (κ3) is 2.00. The minimum Gasteiger partial charge on any atom is -0.375 e. The first kappa shape index (κ1) is 9.77. The molecule has 14 heavy (non-hydrogen) atoms. The number of hydrogen-bond acceptors (Lipinski definition) is 4. The highest BCUT2D eigenvalue weighted by molar-refractivity contribution is 5.82. The molecule has 0 aliphatic carbocycles. The van der Waals surface area contributed by atoms with Crippen molar-refractivity contribution in [2.75, 3.05) is 26.2 Å². The van der Waals surface area contributed by atoms with Gasteiger partial charge < -0.3 is 15.0 Å². The number of hydrogen-bond donors (Lipinski definition) is 1. The summed E-state index contributed by atoms with van der Waals surface area (Å²) in [5.41, 5.74) is 0. The van der Waals surface area contributed by atoms with E-state index in [1.165, 1.54) is 0 Å². The van der Waals surface area contributed by atoms with E-state index < -0.39 is 0 Å². The first-order chi connectivity index (χ1) is 6.79. The molecule has 0 radical (unpaired) electrons. The number of ether oxygens (including phenoxy) is 1. The number of nitrogens with one attached hydrogen (secondary N) is 1. The van der Waals surface area contributed by atoms with Crippen LogP contribution in [0.4, 0.5) is 0 Å². The van der Waals surface area contributed by atoms with Crippen LogP contribution in [-0.2, 0) is 4.74 Å². The Hall–Kier alpha value is -0.770. The summed E-state index contributed by atoms with van der Waals surface area (Å²) in [5.74, 6) is 1.07. The molecule has 0 aromatic rings. The van der Waals surface area contributed by atoms with Crippen molar-refractivity contribution in [3.63, 3.8) is 0 Å². The SMILES string of the molecule is CCC1CN(C2=NCC(C)N2)CCO1. The van der Waals surface area contributed by atoms with Gasteiger partial charge in [0.25, 0.3) is 0 Å². The van der Waals surface area contributed by atoms with Gasteiger partial charge in [0.1, 0.15) is 0 Å². The molecule has 80 valence electrons. The lowest BCUT2D eigenvalue weighted by Gasteiger charge is -2.33. The smallest absolute Gasteiger partial charge is 0.194 e. The van der Waals surface area contributed by atoms with Gasteiger partial charge in [-0.15, -0.1) is 0 Å². The molecule has 0 aromatic heterocycles. The average Bonchev–Trinajstić information content (AvgIpc) is 2.65. The molecule has 1 N–H and O–H groups in total. The van der Waals surface area contributed by atoms with Gasteiger partial charge in [-0.3, -0.25) is 4.99 Å². The van der Waals surface area contributed by atoms with Crippen molar-refractivity contribution >= 4 is 5.96 Å². The van der Waals surface area contributed by atoms with Crippen molar-refractivity contribution in [2.45, 2.75) is 32.4 Å². The molecule has 4 nitrogen and oxygen atoms in total. The quantitative estimate of drug-likeness (QED) is 0.663. The van der Waals surface area contributed by atoms with Gasteiger partial charge in [0.05, 0.1) is 19.3 Å². The molecule has 1 saturated heterocycles. The topological polar surface area (TPSA) is 36.9 Å². The monoisotopic (exact) mass is 197 g/mol. The maximum absolute atomic E-state index is 5.62. The van der Waals surface area contributed by atoms with Crippen LogP contribution in [-0.4, -0.2) is 49.2 Å². The van der Waals surface area contributed by atoms with Gasteiger partial charge in [-0.05, 0) is 13.3 Å². The fourth-order valence-electron chi connectivity index (χ4n) is 1.89. The minimum atomic E-state index is 0.379. The number of nitrogens with zero attached hydrogens (tertiary/aromatic N) is 2. The molecule has 1 fully saturated rings. The Balaban J connectivity index is 1.91. The molecular weight excluding hydrogens is 178 g/mol. The molecular formula is C10H19N3O. The highest BCUT2D eigenvalue weighted by atomic mass is 16.5. The molecule has 2 aliphatic rings. The molecule has 2 heterocycles. The van der Waals surface area contributed by atoms with Crippen LogP contribution in [0.5, 0.6) is 0 Å². The summed E-state index contributed by atoms with van der Waals surface area (Å²) in [4.78, 5) is 6.79. The summed E-state index contributed by atoms with van der Waals surface area (Å²) in [6, 6.07) is 0.493. The Kier molecular flexibility index (Phi) is 2.91. The van der Waals surface area contributed by atoms with Gasteiger partial charge >= 0.3 is 0 Å². The van der Waals surface area contributed by atoms with Crippen LogP contribution in [0.1, 0.15) is 20.3 Å². The fourth-order valence-corrected chi connectivity index (χ4v) is 1.89. The Morgan fingerprint density at radius 3 is 3.14 bits per heavy atom. The zero-order chi connectivity index (χ0) is 9.97. The number of guanidine groups is 1. The Morgan fingerprint density at radius 1 is 1.64 bits per heavy atom. The van der Waals surface area contributed by atoms with E-state index >= 15 is 0 Å². The first-order valence-electron chi connectivity index (χ1n) is 5.47. The molecule has 4 heteroatoms. The van der Waals surface area contributed by atoms with Crippen LogP contribution >= 0.6 is 0 Å². The highest BCUT2D eigenvalue weighted by Gasteiger charge is 2.24. The van der Waals surface area contributed by atoms with Gasteiger partial charge in [0.2, 0.25) is 0 Å². The molecule has 2 rings (SSSR count). The second-order valence-corrected chi connectivity index (χ2v) is 4.06. The molecule has 0 amide bonds. The summed E-state index contributed by atoms with van der Waals surface area (Å²) < 4.78 is 5.62. The number of morpholine rings is 1. The lowest BCUT2D eigenvalue weighted by atomic mass is 10.2. The lowest BCUT2D eigenvalue weighted by molar-refractivity contribution is -0.00787. The third-order valence-corrected chi connectivity index (χ3v) is 2.78. The largest absolute Gasteiger partial charge is 0.375 e. The maximum atomic E-state index is 5.62. The van der Waals surface area contributed by atoms with Gasteiger partial charge in [-0.2, -0.15) is 0 Å². The van der Waals surface area contributed by atoms with Gasteiger partial charge in [-0.25, -0.2) is 0 Å². The molecule has 2 unspecified atom stereocenters. The second-order valence-electron chi connectivity index (χ2n) is 4.06. The van der Waals surface area contributed by atoms with Crippen molar-refractivity contribution in [3.8, 4) is 0 Å². The van der Waals surface area contributed by atoms with Crippen LogP contribution in [0.25, 0.3) is 0 Å². The third-order valence-electron chi connectivity index (χ3n) is 2.78. The predicted octanol–water partition coefficient (Wildman–Crippen LogP) is 0.445. The molecule has 0 spiro atoms. The molecule has 0 bridgehead atoms. The molecule has 2 atom stereocenters. The molecule has 0 saturated carbocycles. The Labute approximate surface area is 85.3 Å². The van der Waals surface area contributed by atoms with Crippen molar-refractivity contribution in [2.24, 2.45) is 4.99 Å². The summed E-state index contributed by atoms with van der Waals surface area (Å²) in [5, 5.41) is 3.39. The van der Waals surface area contributed by atoms with E-state index in [2.05, 4.69) is 29.1 Å². The summed E-state index contributed by atoms with van der Waals surface area (Å²) in [7, 11) is 0. The van der Waals surface area contributed by atoms with E-state index in [9.17, 15) is 0 Å². The van der Waals surface area contributed by atoms with E-state index in [-0.39, 0.29) is 0 Å². The normalized spacial score (nSPS) is 32.7. The van der Waals surface area contributed by atoms with Crippen LogP contribution < -0.4 is 5.32 Å². The maximum Gasteiger partial charge on any atom is 0.194 e. The van der Waals surface area contributed by atoms with Crippen LogP contribution in [0.15, 0.2) is 4.99 Å². The molecule has 2 aliphatic heterocycles. The fraction of sp³-hybridized carbons (Fsp3) is 0.900. The van der Waals surface area contributed by atoms with Crippen LogP contribution in [0.2, 0.25) is 0 Å². The van der Waals surface area contributed by atoms with Gasteiger partial charge in [0, 0.05) is 19.1 Å².